The van der Waals surface area contributed by atoms with Crippen molar-refractivity contribution in [3.8, 4) is 11.1 Å². The molecular formula is C16H11O4. The van der Waals surface area contributed by atoms with Crippen molar-refractivity contribution in [2.75, 3.05) is 6.61 Å². The van der Waals surface area contributed by atoms with Crippen LogP contribution in [0.15, 0.2) is 42.5 Å². The summed E-state index contributed by atoms with van der Waals surface area (Å²) < 4.78 is 4.78. The highest BCUT2D eigenvalue weighted by molar-refractivity contribution is 5.99. The molecule has 1 atom stereocenters. The number of hydrogen-bond donors (Lipinski definition) is 1. The van der Waals surface area contributed by atoms with E-state index in [9.17, 15) is 14.7 Å². The van der Waals surface area contributed by atoms with E-state index < -0.39 is 5.97 Å². The van der Waals surface area contributed by atoms with Gasteiger partial charge in [-0.15, -0.1) is 0 Å². The summed E-state index contributed by atoms with van der Waals surface area (Å²) in [5.41, 5.74) is 3.73. The summed E-state index contributed by atoms with van der Waals surface area (Å²) >= 11 is 0. The highest BCUT2D eigenvalue weighted by Crippen LogP contribution is 2.46. The van der Waals surface area contributed by atoms with Gasteiger partial charge in [-0.1, -0.05) is 36.4 Å². The van der Waals surface area contributed by atoms with Gasteiger partial charge < -0.3 is 9.84 Å². The smallest absolute Gasteiger partial charge is 0.417 e. The van der Waals surface area contributed by atoms with Crippen molar-refractivity contribution in [1.82, 2.24) is 0 Å². The maximum Gasteiger partial charge on any atom is 0.417 e. The van der Waals surface area contributed by atoms with Gasteiger partial charge in [-0.2, -0.15) is 0 Å². The van der Waals surface area contributed by atoms with Gasteiger partial charge in [-0.25, -0.2) is 9.59 Å². The Morgan fingerprint density at radius 3 is 2.65 bits per heavy atom. The maximum absolute atomic E-state index is 11.4. The average molecular weight is 267 g/mol. The Morgan fingerprint density at radius 2 is 1.90 bits per heavy atom. The lowest BCUT2D eigenvalue weighted by Gasteiger charge is -2.11. The van der Waals surface area contributed by atoms with Gasteiger partial charge in [-0.3, -0.25) is 0 Å². The van der Waals surface area contributed by atoms with Crippen LogP contribution in [0.3, 0.4) is 0 Å². The zero-order chi connectivity index (χ0) is 14.1. The first-order chi connectivity index (χ1) is 9.74. The van der Waals surface area contributed by atoms with E-state index in [0.29, 0.717) is 0 Å². The number of aromatic carboxylic acids is 1. The molecule has 99 valence electrons. The van der Waals surface area contributed by atoms with Crippen molar-refractivity contribution in [1.29, 1.82) is 0 Å². The first kappa shape index (κ1) is 12.4. The van der Waals surface area contributed by atoms with Crippen LogP contribution in [0.4, 0.5) is 0 Å². The van der Waals surface area contributed by atoms with Crippen LogP contribution >= 0.6 is 0 Å². The summed E-state index contributed by atoms with van der Waals surface area (Å²) in [7, 11) is 0. The highest BCUT2D eigenvalue weighted by Gasteiger charge is 2.31. The number of carboxylic acids is 1. The second-order valence-electron chi connectivity index (χ2n) is 4.61. The number of fused-ring (bicyclic) bond motifs is 3. The molecule has 1 N–H and O–H groups in total. The third-order valence-corrected chi connectivity index (χ3v) is 3.62. The number of hydrogen-bond acceptors (Lipinski definition) is 3. The molecule has 0 spiro atoms. The van der Waals surface area contributed by atoms with Gasteiger partial charge in [-0.05, 0) is 22.8 Å². The lowest BCUT2D eigenvalue weighted by Crippen LogP contribution is -2.06. The molecule has 3 rings (SSSR count). The maximum atomic E-state index is 11.4. The van der Waals surface area contributed by atoms with E-state index in [4.69, 9.17) is 4.74 Å². The van der Waals surface area contributed by atoms with E-state index >= 15 is 0 Å². The lowest BCUT2D eigenvalue weighted by molar-refractivity contribution is 0.0697. The van der Waals surface area contributed by atoms with Gasteiger partial charge in [0.2, 0.25) is 0 Å². The van der Waals surface area contributed by atoms with Crippen LogP contribution in [0.2, 0.25) is 0 Å². The van der Waals surface area contributed by atoms with Crippen LogP contribution in [0.25, 0.3) is 11.1 Å². The zero-order valence-corrected chi connectivity index (χ0v) is 10.5. The minimum absolute atomic E-state index is 0.137. The first-order valence-corrected chi connectivity index (χ1v) is 6.18. The third kappa shape index (κ3) is 1.77. The normalized spacial score (nSPS) is 15.3. The minimum atomic E-state index is -0.958. The van der Waals surface area contributed by atoms with Crippen molar-refractivity contribution in [2.24, 2.45) is 0 Å². The molecule has 0 amide bonds. The molecule has 0 heterocycles. The fourth-order valence-electron chi connectivity index (χ4n) is 2.83. The molecule has 2 aromatic carbocycles. The van der Waals surface area contributed by atoms with Gasteiger partial charge in [0.05, 0.1) is 5.56 Å². The van der Waals surface area contributed by atoms with E-state index in [1.807, 2.05) is 30.3 Å². The molecule has 1 unspecified atom stereocenters. The highest BCUT2D eigenvalue weighted by atomic mass is 16.5. The predicted octanol–water partition coefficient (Wildman–Crippen LogP) is 2.58. The molecule has 4 nitrogen and oxygen atoms in total. The summed E-state index contributed by atoms with van der Waals surface area (Å²) in [6.07, 6.45) is 0. The summed E-state index contributed by atoms with van der Waals surface area (Å²) in [6, 6.07) is 12.8. The number of ether oxygens (including phenoxy) is 1. The van der Waals surface area contributed by atoms with E-state index in [-0.39, 0.29) is 18.1 Å². The fraction of sp³-hybridized carbons (Fsp3) is 0.125. The lowest BCUT2D eigenvalue weighted by atomic mass is 9.96. The van der Waals surface area contributed by atoms with E-state index in [1.54, 1.807) is 12.1 Å². The molecule has 1 aliphatic carbocycles. The molecule has 20 heavy (non-hydrogen) atoms. The Bertz CT molecular complexity index is 691. The van der Waals surface area contributed by atoms with Crippen molar-refractivity contribution < 1.29 is 19.4 Å². The number of carbonyl (C=O) groups is 1. The van der Waals surface area contributed by atoms with E-state index in [2.05, 4.69) is 0 Å². The number of rotatable bonds is 4. The van der Waals surface area contributed by atoms with Gasteiger partial charge in [0.15, 0.2) is 0 Å². The minimum Gasteiger partial charge on any atom is -0.478 e. The van der Waals surface area contributed by atoms with Crippen molar-refractivity contribution >= 4 is 12.4 Å². The average Bonchev–Trinajstić information content (AvgIpc) is 2.79. The summed E-state index contributed by atoms with van der Waals surface area (Å²) in [5, 5.41) is 9.34. The SMILES string of the molecule is O=[C]OCC1c2ccccc2-c2c(C(=O)O)cccc21. The van der Waals surface area contributed by atoms with Crippen molar-refractivity contribution in [2.45, 2.75) is 5.92 Å². The molecule has 1 radical (unpaired) electrons. The molecule has 0 saturated carbocycles. The molecule has 4 heteroatoms. The molecule has 1 aliphatic rings. The second kappa shape index (κ2) is 4.81. The van der Waals surface area contributed by atoms with Crippen LogP contribution in [0, 0.1) is 0 Å². The number of benzene rings is 2. The topological polar surface area (TPSA) is 63.6 Å². The molecule has 0 aliphatic heterocycles. The predicted molar refractivity (Wildman–Crippen MR) is 72.3 cm³/mol. The summed E-state index contributed by atoms with van der Waals surface area (Å²) in [4.78, 5) is 21.7. The van der Waals surface area contributed by atoms with Gasteiger partial charge in [0.1, 0.15) is 6.61 Å². The van der Waals surface area contributed by atoms with Crippen LogP contribution in [0.1, 0.15) is 27.4 Å². The fourth-order valence-corrected chi connectivity index (χ4v) is 2.83. The quantitative estimate of drug-likeness (QED) is 0.924. The van der Waals surface area contributed by atoms with Gasteiger partial charge >= 0.3 is 12.4 Å². The Kier molecular flexibility index (Phi) is 2.99. The summed E-state index contributed by atoms with van der Waals surface area (Å²) in [5.74, 6) is -1.10. The Balaban J connectivity index is 2.22. The molecule has 0 saturated heterocycles. The monoisotopic (exact) mass is 267 g/mol. The van der Waals surface area contributed by atoms with Gasteiger partial charge in [0.25, 0.3) is 0 Å². The Labute approximate surface area is 115 Å². The van der Waals surface area contributed by atoms with Crippen LogP contribution < -0.4 is 0 Å². The zero-order valence-electron chi connectivity index (χ0n) is 10.5. The Morgan fingerprint density at radius 1 is 1.15 bits per heavy atom. The number of carbonyl (C=O) groups excluding carboxylic acids is 1. The van der Waals surface area contributed by atoms with E-state index in [1.165, 1.54) is 6.47 Å². The largest absolute Gasteiger partial charge is 0.478 e. The summed E-state index contributed by atoms with van der Waals surface area (Å²) in [6.45, 7) is 1.59. The molecular weight excluding hydrogens is 256 g/mol. The first-order valence-electron chi connectivity index (χ1n) is 6.18. The van der Waals surface area contributed by atoms with Crippen LogP contribution in [0.5, 0.6) is 0 Å². The van der Waals surface area contributed by atoms with Crippen molar-refractivity contribution in [3.05, 3.63) is 59.2 Å². The van der Waals surface area contributed by atoms with Crippen molar-refractivity contribution in [3.63, 3.8) is 0 Å². The number of carboxylic acid groups (broad SMARTS) is 1. The third-order valence-electron chi connectivity index (χ3n) is 3.62. The molecule has 0 bridgehead atoms. The standard InChI is InChI=1S/C16H11O4/c17-9-20-8-14-10-4-1-2-5-11(10)15-12(14)6-3-7-13(15)16(18)19/h1-7,14H,8H2,(H,18,19). The van der Waals surface area contributed by atoms with E-state index in [0.717, 1.165) is 22.3 Å². The molecule has 2 aromatic rings. The molecule has 0 aromatic heterocycles. The van der Waals surface area contributed by atoms with Gasteiger partial charge in [0, 0.05) is 11.5 Å². The van der Waals surface area contributed by atoms with Crippen LogP contribution in [-0.4, -0.2) is 24.2 Å². The molecule has 0 fully saturated rings. The Hall–Kier alpha value is -2.62. The van der Waals surface area contributed by atoms with Crippen LogP contribution in [-0.2, 0) is 9.53 Å². The second-order valence-corrected chi connectivity index (χ2v) is 4.61.